The van der Waals surface area contributed by atoms with E-state index in [4.69, 9.17) is 9.47 Å². The lowest BCUT2D eigenvalue weighted by atomic mass is 10.2. The summed E-state index contributed by atoms with van der Waals surface area (Å²) in [5.41, 5.74) is 1.79. The summed E-state index contributed by atoms with van der Waals surface area (Å²) in [6.07, 6.45) is 3.85. The summed E-state index contributed by atoms with van der Waals surface area (Å²) in [4.78, 5) is 12.5. The van der Waals surface area contributed by atoms with Crippen molar-refractivity contribution in [3.8, 4) is 17.4 Å². The molecule has 1 aliphatic rings. The Morgan fingerprint density at radius 3 is 2.65 bits per heavy atom. The van der Waals surface area contributed by atoms with Crippen molar-refractivity contribution in [3.63, 3.8) is 0 Å². The Labute approximate surface area is 182 Å². The largest absolute Gasteiger partial charge is 0.454 e. The molecule has 3 heterocycles. The number of aromatic nitrogens is 4. The predicted molar refractivity (Wildman–Crippen MR) is 117 cm³/mol. The Balaban J connectivity index is 1.31. The first-order valence-corrected chi connectivity index (χ1v) is 10.7. The van der Waals surface area contributed by atoms with Crippen LogP contribution in [0.2, 0.25) is 0 Å². The van der Waals surface area contributed by atoms with Gasteiger partial charge in [0.1, 0.15) is 0 Å². The molecular weight excluding hydrogens is 414 g/mol. The molecule has 31 heavy (non-hydrogen) atoms. The van der Waals surface area contributed by atoms with Gasteiger partial charge in [0.25, 0.3) is 0 Å². The fraction of sp³-hybridized carbons (Fsp3) is 0.136. The van der Waals surface area contributed by atoms with Crippen LogP contribution < -0.4 is 14.8 Å². The van der Waals surface area contributed by atoms with E-state index < -0.39 is 0 Å². The molecule has 1 amide bonds. The Bertz CT molecular complexity index is 1190. The summed E-state index contributed by atoms with van der Waals surface area (Å²) in [6.45, 7) is 0.802. The number of thioether (sulfide) groups is 1. The number of carbonyl (C=O) groups excluding carboxylic acids is 1. The van der Waals surface area contributed by atoms with E-state index in [0.29, 0.717) is 34.8 Å². The normalized spacial score (nSPS) is 12.1. The van der Waals surface area contributed by atoms with Gasteiger partial charge in [-0.25, -0.2) is 0 Å². The van der Waals surface area contributed by atoms with E-state index in [9.17, 15) is 4.79 Å². The number of fused-ring (bicyclic) bond motifs is 1. The van der Waals surface area contributed by atoms with Crippen molar-refractivity contribution in [1.29, 1.82) is 0 Å². The molecule has 5 rings (SSSR count). The Kier molecular flexibility index (Phi) is 5.32. The fourth-order valence-corrected chi connectivity index (χ4v) is 3.99. The van der Waals surface area contributed by atoms with Gasteiger partial charge in [0.15, 0.2) is 16.7 Å². The van der Waals surface area contributed by atoms with Crippen LogP contribution in [-0.2, 0) is 11.3 Å². The molecule has 0 fully saturated rings. The molecule has 1 N–H and O–H groups in total. The van der Waals surface area contributed by atoms with Crippen LogP contribution in [0.4, 0.5) is 5.69 Å². The van der Waals surface area contributed by atoms with Gasteiger partial charge in [0.05, 0.1) is 12.3 Å². The standard InChI is InChI=1S/C22H19N5O3S/c28-20(23-17-8-9-18-19(12-17)30-15-29-18)14-31-22-25-24-21(26-10-4-5-11-26)27(22)13-16-6-2-1-3-7-16/h1-12H,13-15H2,(H,23,28). The van der Waals surface area contributed by atoms with Crippen molar-refractivity contribution in [2.24, 2.45) is 0 Å². The van der Waals surface area contributed by atoms with Crippen molar-refractivity contribution in [3.05, 3.63) is 78.6 Å². The molecule has 0 radical (unpaired) electrons. The minimum atomic E-state index is -0.138. The summed E-state index contributed by atoms with van der Waals surface area (Å²) in [5, 5.41) is 12.2. The number of ether oxygens (including phenoxy) is 2. The Morgan fingerprint density at radius 2 is 1.81 bits per heavy atom. The van der Waals surface area contributed by atoms with E-state index in [1.807, 2.05) is 51.9 Å². The topological polar surface area (TPSA) is 83.2 Å². The molecule has 2 aromatic heterocycles. The van der Waals surface area contributed by atoms with Crippen LogP contribution in [0.15, 0.2) is 78.2 Å². The lowest BCUT2D eigenvalue weighted by Crippen LogP contribution is -2.15. The van der Waals surface area contributed by atoms with E-state index in [1.54, 1.807) is 18.2 Å². The lowest BCUT2D eigenvalue weighted by Gasteiger charge is -2.11. The number of anilines is 1. The summed E-state index contributed by atoms with van der Waals surface area (Å²) < 4.78 is 14.6. The summed E-state index contributed by atoms with van der Waals surface area (Å²) in [5.74, 6) is 2.07. The highest BCUT2D eigenvalue weighted by Gasteiger charge is 2.17. The highest BCUT2D eigenvalue weighted by Crippen LogP contribution is 2.34. The van der Waals surface area contributed by atoms with Crippen LogP contribution >= 0.6 is 11.8 Å². The van der Waals surface area contributed by atoms with Crippen LogP contribution in [0.1, 0.15) is 5.56 Å². The third kappa shape index (κ3) is 4.26. The van der Waals surface area contributed by atoms with Crippen LogP contribution in [0.3, 0.4) is 0 Å². The summed E-state index contributed by atoms with van der Waals surface area (Å²) >= 11 is 1.35. The van der Waals surface area contributed by atoms with Crippen molar-refractivity contribution in [1.82, 2.24) is 19.3 Å². The second kappa shape index (κ2) is 8.57. The average Bonchev–Trinajstić information content (AvgIpc) is 3.54. The molecule has 0 saturated heterocycles. The quantitative estimate of drug-likeness (QED) is 0.449. The average molecular weight is 433 g/mol. The van der Waals surface area contributed by atoms with Crippen molar-refractivity contribution < 1.29 is 14.3 Å². The van der Waals surface area contributed by atoms with Gasteiger partial charge in [0.2, 0.25) is 18.6 Å². The first-order valence-electron chi connectivity index (χ1n) is 9.69. The zero-order valence-electron chi connectivity index (χ0n) is 16.5. The fourth-order valence-electron chi connectivity index (χ4n) is 3.25. The van der Waals surface area contributed by atoms with Crippen LogP contribution in [0, 0.1) is 0 Å². The summed E-state index contributed by atoms with van der Waals surface area (Å²) in [7, 11) is 0. The second-order valence-corrected chi connectivity index (χ2v) is 7.79. The number of hydrogen-bond donors (Lipinski definition) is 1. The van der Waals surface area contributed by atoms with Crippen molar-refractivity contribution in [2.75, 3.05) is 17.9 Å². The van der Waals surface area contributed by atoms with Gasteiger partial charge in [-0.3, -0.25) is 13.9 Å². The monoisotopic (exact) mass is 433 g/mol. The molecule has 0 saturated carbocycles. The van der Waals surface area contributed by atoms with Crippen molar-refractivity contribution in [2.45, 2.75) is 11.7 Å². The summed E-state index contributed by atoms with van der Waals surface area (Å²) in [6, 6.07) is 19.3. The van der Waals surface area contributed by atoms with Crippen LogP contribution in [-0.4, -0.2) is 37.8 Å². The Hall–Kier alpha value is -3.72. The van der Waals surface area contributed by atoms with E-state index in [0.717, 1.165) is 5.56 Å². The molecule has 9 heteroatoms. The zero-order valence-corrected chi connectivity index (χ0v) is 17.3. The minimum absolute atomic E-state index is 0.138. The molecule has 0 unspecified atom stereocenters. The smallest absolute Gasteiger partial charge is 0.236 e. The molecule has 156 valence electrons. The first-order chi connectivity index (χ1) is 15.3. The number of carbonyl (C=O) groups is 1. The second-order valence-electron chi connectivity index (χ2n) is 6.85. The van der Waals surface area contributed by atoms with Gasteiger partial charge in [-0.2, -0.15) is 0 Å². The van der Waals surface area contributed by atoms with Gasteiger partial charge in [0, 0.05) is 24.1 Å². The number of nitrogens with one attached hydrogen (secondary N) is 1. The third-order valence-electron chi connectivity index (χ3n) is 4.70. The number of benzene rings is 2. The van der Waals surface area contributed by atoms with Gasteiger partial charge in [-0.15, -0.1) is 10.2 Å². The van der Waals surface area contributed by atoms with E-state index >= 15 is 0 Å². The molecule has 8 nitrogen and oxygen atoms in total. The molecule has 0 atom stereocenters. The highest BCUT2D eigenvalue weighted by atomic mass is 32.2. The van der Waals surface area contributed by atoms with Gasteiger partial charge < -0.3 is 14.8 Å². The maximum absolute atomic E-state index is 12.5. The lowest BCUT2D eigenvalue weighted by molar-refractivity contribution is -0.113. The molecule has 0 aliphatic carbocycles. The molecule has 0 spiro atoms. The van der Waals surface area contributed by atoms with Gasteiger partial charge in [-0.05, 0) is 29.8 Å². The molecule has 4 aromatic rings. The molecule has 1 aliphatic heterocycles. The molecule has 0 bridgehead atoms. The first kappa shape index (κ1) is 19.3. The van der Waals surface area contributed by atoms with Crippen molar-refractivity contribution >= 4 is 23.4 Å². The maximum Gasteiger partial charge on any atom is 0.236 e. The van der Waals surface area contributed by atoms with E-state index in [-0.39, 0.29) is 18.5 Å². The number of rotatable bonds is 7. The molecule has 2 aromatic carbocycles. The minimum Gasteiger partial charge on any atom is -0.454 e. The van der Waals surface area contributed by atoms with E-state index in [2.05, 4.69) is 27.6 Å². The predicted octanol–water partition coefficient (Wildman–Crippen LogP) is 3.58. The zero-order chi connectivity index (χ0) is 21.0. The van der Waals surface area contributed by atoms with Gasteiger partial charge >= 0.3 is 0 Å². The van der Waals surface area contributed by atoms with Crippen LogP contribution in [0.5, 0.6) is 11.5 Å². The maximum atomic E-state index is 12.5. The van der Waals surface area contributed by atoms with Crippen LogP contribution in [0.25, 0.3) is 5.95 Å². The number of nitrogens with zero attached hydrogens (tertiary/aromatic N) is 4. The molecular formula is C22H19N5O3S. The SMILES string of the molecule is O=C(CSc1nnc(-n2cccc2)n1Cc1ccccc1)Nc1ccc2c(c1)OCO2. The van der Waals surface area contributed by atoms with Gasteiger partial charge in [-0.1, -0.05) is 42.1 Å². The highest BCUT2D eigenvalue weighted by molar-refractivity contribution is 7.99. The number of hydrogen-bond acceptors (Lipinski definition) is 6. The Morgan fingerprint density at radius 1 is 1.00 bits per heavy atom. The van der Waals surface area contributed by atoms with E-state index in [1.165, 1.54) is 11.8 Å². The number of amides is 1. The third-order valence-corrected chi connectivity index (χ3v) is 5.67.